The summed E-state index contributed by atoms with van der Waals surface area (Å²) in [5, 5.41) is 6.73. The largest absolute Gasteiger partial charge is 0.340 e. The molecule has 2 heterocycles. The summed E-state index contributed by atoms with van der Waals surface area (Å²) in [4.78, 5) is 34.5. The molecule has 1 aliphatic heterocycles. The van der Waals surface area contributed by atoms with Crippen LogP contribution in [0.4, 0.5) is 0 Å². The van der Waals surface area contributed by atoms with Crippen molar-refractivity contribution in [3.05, 3.63) is 49.9 Å². The van der Waals surface area contributed by atoms with Crippen molar-refractivity contribution in [3.8, 4) is 0 Å². The summed E-state index contributed by atoms with van der Waals surface area (Å²) in [6, 6.07) is 4.09. The van der Waals surface area contributed by atoms with Crippen LogP contribution in [0.2, 0.25) is 10.0 Å². The Morgan fingerprint density at radius 3 is 2.47 bits per heavy atom. The maximum absolute atomic E-state index is 13.1. The van der Waals surface area contributed by atoms with Gasteiger partial charge in [-0.3, -0.25) is 14.5 Å². The molecule has 0 radical (unpaired) electrons. The molecule has 1 N–H and O–H groups in total. The lowest BCUT2D eigenvalue weighted by atomic mass is 10.0. The lowest BCUT2D eigenvalue weighted by molar-refractivity contribution is -0.136. The van der Waals surface area contributed by atoms with E-state index in [1.807, 2.05) is 25.7 Å². The van der Waals surface area contributed by atoms with Crippen LogP contribution in [0, 0.1) is 12.8 Å². The fourth-order valence-corrected chi connectivity index (χ4v) is 4.54. The number of nitrogens with zero attached hydrogens (tertiary/aromatic N) is 3. The zero-order chi connectivity index (χ0) is 21.8. The van der Waals surface area contributed by atoms with Gasteiger partial charge in [0.25, 0.3) is 5.91 Å². The number of hydrogen-bond acceptors (Lipinski definition) is 5. The molecule has 0 bridgehead atoms. The molecule has 1 aromatic heterocycles. The van der Waals surface area contributed by atoms with Crippen LogP contribution in [0.15, 0.2) is 23.6 Å². The first-order chi connectivity index (χ1) is 14.2. The molecule has 6 nitrogen and oxygen atoms in total. The lowest BCUT2D eigenvalue weighted by Crippen LogP contribution is -2.56. The molecule has 0 spiro atoms. The first kappa shape index (κ1) is 23.0. The molecule has 1 aromatic carbocycles. The predicted octanol–water partition coefficient (Wildman–Crippen LogP) is 3.86. The molecule has 30 heavy (non-hydrogen) atoms. The number of amides is 2. The molecule has 1 fully saturated rings. The number of aromatic nitrogens is 1. The van der Waals surface area contributed by atoms with Crippen LogP contribution in [-0.4, -0.2) is 58.8 Å². The monoisotopic (exact) mass is 468 g/mol. The predicted molar refractivity (Wildman–Crippen MR) is 121 cm³/mol. The number of carbonyl (C=O) groups is 2. The number of rotatable bonds is 6. The van der Waals surface area contributed by atoms with Crippen LogP contribution < -0.4 is 5.32 Å². The molecule has 1 aliphatic rings. The Morgan fingerprint density at radius 1 is 1.20 bits per heavy atom. The average Bonchev–Trinajstić information content (AvgIpc) is 3.10. The van der Waals surface area contributed by atoms with Gasteiger partial charge in [-0.15, -0.1) is 11.3 Å². The summed E-state index contributed by atoms with van der Waals surface area (Å²) in [5.74, 6) is -0.489. The van der Waals surface area contributed by atoms with Crippen molar-refractivity contribution in [1.82, 2.24) is 20.1 Å². The molecule has 0 saturated carbocycles. The smallest absolute Gasteiger partial charge is 0.253 e. The number of benzene rings is 1. The van der Waals surface area contributed by atoms with Crippen molar-refractivity contribution in [1.29, 1.82) is 0 Å². The lowest BCUT2D eigenvalue weighted by Gasteiger charge is -2.37. The molecular weight excluding hydrogens is 443 g/mol. The quantitative estimate of drug-likeness (QED) is 0.698. The van der Waals surface area contributed by atoms with Crippen molar-refractivity contribution in [2.75, 3.05) is 26.2 Å². The fraction of sp³-hybridized carbons (Fsp3) is 0.476. The Balaban J connectivity index is 1.59. The highest BCUT2D eigenvalue weighted by Gasteiger charge is 2.31. The Labute approximate surface area is 191 Å². The van der Waals surface area contributed by atoms with Gasteiger partial charge in [-0.1, -0.05) is 37.0 Å². The van der Waals surface area contributed by atoms with Crippen LogP contribution in [0.25, 0.3) is 0 Å². The molecule has 1 saturated heterocycles. The number of thiazole rings is 1. The summed E-state index contributed by atoms with van der Waals surface area (Å²) in [6.45, 7) is 9.47. The second-order valence-corrected chi connectivity index (χ2v) is 9.68. The third-order valence-corrected chi connectivity index (χ3v) is 6.50. The van der Waals surface area contributed by atoms with E-state index in [0.29, 0.717) is 23.7 Å². The summed E-state index contributed by atoms with van der Waals surface area (Å²) >= 11 is 13.7. The average molecular weight is 469 g/mol. The molecular formula is C21H26Cl2N4O2S. The number of nitrogens with one attached hydrogen (secondary N) is 1. The van der Waals surface area contributed by atoms with E-state index in [1.54, 1.807) is 23.5 Å². The van der Waals surface area contributed by atoms with Gasteiger partial charge in [0, 0.05) is 43.1 Å². The van der Waals surface area contributed by atoms with Gasteiger partial charge < -0.3 is 10.2 Å². The third kappa shape index (κ3) is 5.72. The van der Waals surface area contributed by atoms with Gasteiger partial charge in [-0.2, -0.15) is 0 Å². The van der Waals surface area contributed by atoms with Crippen LogP contribution in [0.5, 0.6) is 0 Å². The van der Waals surface area contributed by atoms with E-state index < -0.39 is 6.04 Å². The van der Waals surface area contributed by atoms with E-state index in [9.17, 15) is 9.59 Å². The summed E-state index contributed by atoms with van der Waals surface area (Å²) < 4.78 is 0. The zero-order valence-corrected chi connectivity index (χ0v) is 19.7. The number of aryl methyl sites for hydroxylation is 1. The van der Waals surface area contributed by atoms with Gasteiger partial charge in [-0.05, 0) is 31.0 Å². The number of piperazine rings is 1. The van der Waals surface area contributed by atoms with Gasteiger partial charge in [0.15, 0.2) is 0 Å². The van der Waals surface area contributed by atoms with Crippen molar-refractivity contribution in [3.63, 3.8) is 0 Å². The van der Waals surface area contributed by atoms with Crippen molar-refractivity contribution < 1.29 is 9.59 Å². The Bertz CT molecular complexity index is 910. The third-order valence-electron chi connectivity index (χ3n) is 5.13. The second kappa shape index (κ2) is 10.1. The Hall–Kier alpha value is -1.67. The van der Waals surface area contributed by atoms with E-state index in [4.69, 9.17) is 23.2 Å². The molecule has 0 unspecified atom stereocenters. The molecule has 3 rings (SSSR count). The number of carbonyl (C=O) groups excluding carboxylic acids is 2. The van der Waals surface area contributed by atoms with Crippen LogP contribution in [0.3, 0.4) is 0 Å². The Morgan fingerprint density at radius 2 is 1.90 bits per heavy atom. The second-order valence-electron chi connectivity index (χ2n) is 7.78. The maximum atomic E-state index is 13.1. The van der Waals surface area contributed by atoms with Crippen molar-refractivity contribution >= 4 is 46.4 Å². The van der Waals surface area contributed by atoms with E-state index in [2.05, 4.69) is 20.6 Å². The van der Waals surface area contributed by atoms with Crippen molar-refractivity contribution in [2.45, 2.75) is 33.4 Å². The molecule has 0 aliphatic carbocycles. The minimum atomic E-state index is -0.614. The topological polar surface area (TPSA) is 65.5 Å². The Kier molecular flexibility index (Phi) is 7.74. The van der Waals surface area contributed by atoms with E-state index in [1.165, 1.54) is 6.07 Å². The van der Waals surface area contributed by atoms with E-state index >= 15 is 0 Å². The molecule has 9 heteroatoms. The normalized spacial score (nSPS) is 16.0. The summed E-state index contributed by atoms with van der Waals surface area (Å²) in [7, 11) is 0. The van der Waals surface area contributed by atoms with Gasteiger partial charge in [0.1, 0.15) is 6.04 Å². The minimum Gasteiger partial charge on any atom is -0.340 e. The van der Waals surface area contributed by atoms with Crippen LogP contribution >= 0.6 is 34.5 Å². The zero-order valence-electron chi connectivity index (χ0n) is 17.3. The fourth-order valence-electron chi connectivity index (χ4n) is 3.44. The maximum Gasteiger partial charge on any atom is 0.253 e. The van der Waals surface area contributed by atoms with Gasteiger partial charge in [0.05, 0.1) is 21.3 Å². The van der Waals surface area contributed by atoms with Gasteiger partial charge in [0.2, 0.25) is 5.91 Å². The first-order valence-electron chi connectivity index (χ1n) is 9.92. The molecule has 2 amide bonds. The minimum absolute atomic E-state index is 0.0523. The van der Waals surface area contributed by atoms with Crippen LogP contribution in [-0.2, 0) is 11.3 Å². The molecule has 1 atom stereocenters. The van der Waals surface area contributed by atoms with E-state index in [0.717, 1.165) is 30.3 Å². The van der Waals surface area contributed by atoms with Crippen LogP contribution in [0.1, 0.15) is 34.9 Å². The van der Waals surface area contributed by atoms with Gasteiger partial charge in [-0.25, -0.2) is 4.98 Å². The highest BCUT2D eigenvalue weighted by atomic mass is 35.5. The number of hydrogen-bond donors (Lipinski definition) is 1. The summed E-state index contributed by atoms with van der Waals surface area (Å²) in [5.41, 5.74) is 1.38. The molecule has 162 valence electrons. The van der Waals surface area contributed by atoms with Crippen molar-refractivity contribution in [2.24, 2.45) is 5.92 Å². The highest BCUT2D eigenvalue weighted by Crippen LogP contribution is 2.21. The number of halogens is 2. The first-order valence-corrected chi connectivity index (χ1v) is 11.6. The highest BCUT2D eigenvalue weighted by molar-refractivity contribution is 7.09. The summed E-state index contributed by atoms with van der Waals surface area (Å²) in [6.07, 6.45) is 0. The standard InChI is InChI=1S/C21H26Cl2N4O2S/c1-13(2)19(25-20(28)17-5-4-15(22)10-18(17)23)21(29)27-8-6-26(7-9-27)11-16-12-30-14(3)24-16/h4-5,10,12-13,19H,6-9,11H2,1-3H3,(H,25,28)/t19-/m0/s1. The van der Waals surface area contributed by atoms with Gasteiger partial charge >= 0.3 is 0 Å². The van der Waals surface area contributed by atoms with E-state index in [-0.39, 0.29) is 22.8 Å². The SMILES string of the molecule is Cc1nc(CN2CCN(C(=O)[C@@H](NC(=O)c3ccc(Cl)cc3Cl)C(C)C)CC2)cs1. The molecule has 2 aromatic rings.